The van der Waals surface area contributed by atoms with Crippen molar-refractivity contribution < 1.29 is 42.4 Å². The molecule has 0 aliphatic carbocycles. The van der Waals surface area contributed by atoms with Gasteiger partial charge in [0.25, 0.3) is 0 Å². The van der Waals surface area contributed by atoms with Gasteiger partial charge in [-0.25, -0.2) is 4.98 Å². The van der Waals surface area contributed by atoms with Crippen LogP contribution in [0.5, 0.6) is 0 Å². The van der Waals surface area contributed by atoms with Gasteiger partial charge in [0, 0.05) is 26.5 Å². The first-order valence-corrected chi connectivity index (χ1v) is 13.8. The van der Waals surface area contributed by atoms with E-state index in [9.17, 15) is 14.0 Å². The molecule has 41 heavy (non-hydrogen) atoms. The number of benzene rings is 1. The zero-order valence-electron chi connectivity index (χ0n) is 23.9. The number of nitrogens with zero attached hydrogens (tertiary/aromatic N) is 3. The number of carbonyl (C=O) groups excluding carboxylic acids is 2. The highest BCUT2D eigenvalue weighted by molar-refractivity contribution is 5.76. The minimum Gasteiger partial charge on any atom is -0.379 e. The van der Waals surface area contributed by atoms with Crippen molar-refractivity contribution in [2.45, 2.75) is 32.9 Å². The van der Waals surface area contributed by atoms with Crippen molar-refractivity contribution in [3.63, 3.8) is 0 Å². The van der Waals surface area contributed by atoms with Crippen LogP contribution in [0.15, 0.2) is 24.3 Å². The van der Waals surface area contributed by atoms with E-state index in [0.29, 0.717) is 98.8 Å². The largest absolute Gasteiger partial charge is 0.379 e. The van der Waals surface area contributed by atoms with Crippen LogP contribution in [0.25, 0.3) is 11.0 Å². The summed E-state index contributed by atoms with van der Waals surface area (Å²) in [5, 5.41) is 0. The van der Waals surface area contributed by atoms with E-state index in [-0.39, 0.29) is 18.9 Å². The molecule has 0 radical (unpaired) electrons. The van der Waals surface area contributed by atoms with Gasteiger partial charge in [-0.15, -0.1) is 6.42 Å². The van der Waals surface area contributed by atoms with Crippen molar-refractivity contribution in [3.8, 4) is 12.3 Å². The number of imidazole rings is 1. The Balaban J connectivity index is 1.46. The molecule has 1 aromatic heterocycles. The van der Waals surface area contributed by atoms with Crippen LogP contribution in [0.3, 0.4) is 0 Å². The Bertz CT molecular complexity index is 1060. The predicted octanol–water partition coefficient (Wildman–Crippen LogP) is 2.39. The Morgan fingerprint density at radius 1 is 0.854 bits per heavy atom. The molecule has 0 spiro atoms. The molecule has 1 amide bonds. The molecule has 0 saturated heterocycles. The zero-order chi connectivity index (χ0) is 29.5. The van der Waals surface area contributed by atoms with E-state index < -0.39 is 6.04 Å². The standard InChI is InChI=1S/C29H42FN3O8/c1-3-10-32(25(2)34)24-29-31-26-7-4-5-8-27(26)33(29)11-13-37-15-17-39-19-21-41-23-22-40-20-18-38-16-14-36-12-6-9-28(30)35/h1,4-5,7-8H,6,9-24H2,2H3. The fraction of sp³-hybridized carbons (Fsp3) is 0.621. The van der Waals surface area contributed by atoms with Gasteiger partial charge in [-0.1, -0.05) is 18.1 Å². The highest BCUT2D eigenvalue weighted by atomic mass is 19.1. The summed E-state index contributed by atoms with van der Waals surface area (Å²) < 4.78 is 46.8. The highest BCUT2D eigenvalue weighted by Crippen LogP contribution is 2.17. The van der Waals surface area contributed by atoms with Gasteiger partial charge in [-0.2, -0.15) is 4.39 Å². The number of ether oxygens (including phenoxy) is 6. The fourth-order valence-corrected chi connectivity index (χ4v) is 3.73. The summed E-state index contributed by atoms with van der Waals surface area (Å²) in [6.07, 6.45) is 5.69. The number of aromatic nitrogens is 2. The Morgan fingerprint density at radius 3 is 1.88 bits per heavy atom. The Morgan fingerprint density at radius 2 is 1.37 bits per heavy atom. The number of carbonyl (C=O) groups is 2. The Kier molecular flexibility index (Phi) is 18.2. The van der Waals surface area contributed by atoms with E-state index in [2.05, 4.69) is 10.5 Å². The van der Waals surface area contributed by atoms with Gasteiger partial charge >= 0.3 is 6.04 Å². The number of terminal acetylenes is 1. The first-order chi connectivity index (χ1) is 20.0. The minimum absolute atomic E-state index is 0.0970. The minimum atomic E-state index is -1.32. The van der Waals surface area contributed by atoms with Crippen LogP contribution in [0.4, 0.5) is 4.39 Å². The van der Waals surface area contributed by atoms with Crippen molar-refractivity contribution in [1.82, 2.24) is 14.5 Å². The molecule has 228 valence electrons. The van der Waals surface area contributed by atoms with Crippen LogP contribution in [0.2, 0.25) is 0 Å². The van der Waals surface area contributed by atoms with Crippen LogP contribution < -0.4 is 0 Å². The summed E-state index contributed by atoms with van der Waals surface area (Å²) in [5.41, 5.74) is 1.84. The van der Waals surface area contributed by atoms with E-state index in [4.69, 9.17) is 39.8 Å². The summed E-state index contributed by atoms with van der Waals surface area (Å²) in [4.78, 5) is 28.4. The molecule has 0 aliphatic rings. The molecule has 1 heterocycles. The third-order valence-electron chi connectivity index (χ3n) is 5.77. The van der Waals surface area contributed by atoms with Gasteiger partial charge in [0.15, 0.2) is 0 Å². The molecule has 1 aromatic carbocycles. The summed E-state index contributed by atoms with van der Waals surface area (Å²) in [6, 6.07) is 6.51. The zero-order valence-corrected chi connectivity index (χ0v) is 23.9. The molecule has 2 rings (SSSR count). The van der Waals surface area contributed by atoms with Crippen molar-refractivity contribution in [3.05, 3.63) is 30.1 Å². The molecule has 2 aromatic rings. The van der Waals surface area contributed by atoms with Gasteiger partial charge in [0.05, 0.1) is 96.8 Å². The average molecular weight is 580 g/mol. The monoisotopic (exact) mass is 579 g/mol. The molecule has 0 N–H and O–H groups in total. The number of hydrogen-bond acceptors (Lipinski definition) is 9. The van der Waals surface area contributed by atoms with Crippen LogP contribution in [-0.4, -0.2) is 112 Å². The van der Waals surface area contributed by atoms with E-state index in [0.717, 1.165) is 16.9 Å². The van der Waals surface area contributed by atoms with Gasteiger partial charge < -0.3 is 37.9 Å². The molecule has 0 unspecified atom stereocenters. The van der Waals surface area contributed by atoms with Crippen LogP contribution in [-0.2, 0) is 51.1 Å². The predicted molar refractivity (Wildman–Crippen MR) is 150 cm³/mol. The molecule has 0 aliphatic heterocycles. The van der Waals surface area contributed by atoms with Crippen molar-refractivity contribution in [1.29, 1.82) is 0 Å². The second kappa shape index (κ2) is 21.8. The maximum atomic E-state index is 12.0. The maximum Gasteiger partial charge on any atom is 0.301 e. The number of fused-ring (bicyclic) bond motifs is 1. The van der Waals surface area contributed by atoms with Crippen LogP contribution in [0.1, 0.15) is 25.6 Å². The van der Waals surface area contributed by atoms with Crippen molar-refractivity contribution in [2.75, 3.05) is 85.8 Å². The van der Waals surface area contributed by atoms with Crippen molar-refractivity contribution in [2.24, 2.45) is 0 Å². The summed E-state index contributed by atoms with van der Waals surface area (Å²) in [7, 11) is 0. The lowest BCUT2D eigenvalue weighted by molar-refractivity contribution is -0.130. The SMILES string of the molecule is C#CCN(Cc1nc2ccccc2n1CCOCCOCCOCCOCCOCCOCCCC(=O)F)C(C)=O. The number of rotatable bonds is 25. The lowest BCUT2D eigenvalue weighted by Crippen LogP contribution is -2.30. The number of hydrogen-bond donors (Lipinski definition) is 0. The molecule has 11 nitrogen and oxygen atoms in total. The fourth-order valence-electron chi connectivity index (χ4n) is 3.73. The Labute approximate surface area is 241 Å². The lowest BCUT2D eigenvalue weighted by Gasteiger charge is -2.19. The number of para-hydroxylation sites is 2. The van der Waals surface area contributed by atoms with Crippen molar-refractivity contribution >= 4 is 23.0 Å². The number of amides is 1. The van der Waals surface area contributed by atoms with E-state index in [1.54, 1.807) is 4.90 Å². The molecule has 0 atom stereocenters. The second-order valence-electron chi connectivity index (χ2n) is 8.88. The molecule has 0 saturated carbocycles. The summed E-state index contributed by atoms with van der Waals surface area (Å²) >= 11 is 0. The number of halogens is 1. The summed E-state index contributed by atoms with van der Waals surface area (Å²) in [6.45, 7) is 7.89. The lowest BCUT2D eigenvalue weighted by atomic mass is 10.3. The van der Waals surface area contributed by atoms with Crippen LogP contribution >= 0.6 is 0 Å². The average Bonchev–Trinajstić information content (AvgIpc) is 3.30. The van der Waals surface area contributed by atoms with Gasteiger partial charge in [0.1, 0.15) is 5.82 Å². The van der Waals surface area contributed by atoms with Crippen LogP contribution in [0, 0.1) is 12.3 Å². The van der Waals surface area contributed by atoms with Gasteiger partial charge in [-0.05, 0) is 18.6 Å². The van der Waals surface area contributed by atoms with E-state index in [1.807, 2.05) is 24.3 Å². The van der Waals surface area contributed by atoms with E-state index >= 15 is 0 Å². The second-order valence-corrected chi connectivity index (χ2v) is 8.88. The maximum absolute atomic E-state index is 12.0. The third kappa shape index (κ3) is 15.0. The van der Waals surface area contributed by atoms with E-state index in [1.165, 1.54) is 6.92 Å². The van der Waals surface area contributed by atoms with Gasteiger partial charge in [-0.3, -0.25) is 9.59 Å². The molecular formula is C29H42FN3O8. The first-order valence-electron chi connectivity index (χ1n) is 13.8. The first kappa shape index (κ1) is 34.3. The Hall–Kier alpha value is -2.92. The summed E-state index contributed by atoms with van der Waals surface area (Å²) in [5.74, 6) is 3.19. The quantitative estimate of drug-likeness (QED) is 0.0995. The topological polar surface area (TPSA) is 111 Å². The molecule has 0 bridgehead atoms. The molecule has 0 fully saturated rings. The normalized spacial score (nSPS) is 11.1. The smallest absolute Gasteiger partial charge is 0.301 e. The highest BCUT2D eigenvalue weighted by Gasteiger charge is 2.15. The molecular weight excluding hydrogens is 537 g/mol. The molecule has 12 heteroatoms. The van der Waals surface area contributed by atoms with Gasteiger partial charge in [0.2, 0.25) is 5.91 Å². The third-order valence-corrected chi connectivity index (χ3v) is 5.77.